The van der Waals surface area contributed by atoms with E-state index in [0.717, 1.165) is 36.4 Å². The number of pyridine rings is 1. The molecule has 34 heavy (non-hydrogen) atoms. The Morgan fingerprint density at radius 3 is 2.65 bits per heavy atom. The summed E-state index contributed by atoms with van der Waals surface area (Å²) in [5.41, 5.74) is 6.99. The normalized spacial score (nSPS) is 15.0. The van der Waals surface area contributed by atoms with Gasteiger partial charge >= 0.3 is 6.09 Å². The van der Waals surface area contributed by atoms with Gasteiger partial charge < -0.3 is 26.8 Å². The number of anilines is 3. The van der Waals surface area contributed by atoms with Crippen molar-refractivity contribution in [1.29, 1.82) is 0 Å². The van der Waals surface area contributed by atoms with Gasteiger partial charge in [0.15, 0.2) is 11.6 Å². The zero-order valence-corrected chi connectivity index (χ0v) is 19.0. The van der Waals surface area contributed by atoms with Crippen LogP contribution in [0.2, 0.25) is 0 Å². The van der Waals surface area contributed by atoms with Crippen molar-refractivity contribution in [3.05, 3.63) is 41.8 Å². The minimum atomic E-state index is -1.14. The Hall–Kier alpha value is -3.89. The molecule has 0 radical (unpaired) electrons. The molecule has 1 aliphatic rings. The van der Waals surface area contributed by atoms with Crippen molar-refractivity contribution in [3.8, 4) is 0 Å². The lowest BCUT2D eigenvalue weighted by Gasteiger charge is -2.28. The first-order valence-electron chi connectivity index (χ1n) is 11.3. The maximum Gasteiger partial charge on any atom is 0.404 e. The Balaban J connectivity index is 1.66. The Kier molecular flexibility index (Phi) is 6.53. The van der Waals surface area contributed by atoms with Gasteiger partial charge in [-0.05, 0) is 56.4 Å². The third kappa shape index (κ3) is 4.87. The molecule has 10 nitrogen and oxygen atoms in total. The van der Waals surface area contributed by atoms with Crippen LogP contribution in [0.15, 0.2) is 30.5 Å². The molecule has 0 bridgehead atoms. The van der Waals surface area contributed by atoms with E-state index in [0.29, 0.717) is 12.1 Å². The molecule has 3 aromatic rings. The number of hydrogen-bond acceptors (Lipinski definition) is 6. The van der Waals surface area contributed by atoms with Crippen LogP contribution < -0.4 is 21.7 Å². The highest BCUT2D eigenvalue weighted by molar-refractivity contribution is 5.99. The average Bonchev–Trinajstić information content (AvgIpc) is 3.56. The Morgan fingerprint density at radius 2 is 2.03 bits per heavy atom. The molecule has 0 spiro atoms. The molecule has 1 saturated carbocycles. The zero-order valence-electron chi connectivity index (χ0n) is 19.0. The summed E-state index contributed by atoms with van der Waals surface area (Å²) in [5.74, 6) is -1.34. The number of hydrogen-bond donors (Lipinski definition) is 5. The Bertz CT molecular complexity index is 1220. The van der Waals surface area contributed by atoms with E-state index in [-0.39, 0.29) is 29.2 Å². The summed E-state index contributed by atoms with van der Waals surface area (Å²) in [7, 11) is 0. The number of benzene rings is 1. The van der Waals surface area contributed by atoms with Gasteiger partial charge in [0.2, 0.25) is 0 Å². The lowest BCUT2D eigenvalue weighted by atomic mass is 10.0. The Labute approximate surface area is 195 Å². The predicted molar refractivity (Wildman–Crippen MR) is 127 cm³/mol. The number of carbonyl (C=O) groups is 2. The van der Waals surface area contributed by atoms with Crippen molar-refractivity contribution >= 4 is 40.2 Å². The van der Waals surface area contributed by atoms with Crippen molar-refractivity contribution in [3.63, 3.8) is 0 Å². The molecule has 2 aromatic heterocycles. The SMILES string of the molecule is CC[C@H](NC(=O)O)[C@H](Nc1nc(Nc2ccc3c(cnn3CC)c2)c(C(N)=O)cc1F)C1CC1. The maximum atomic E-state index is 14.9. The van der Waals surface area contributed by atoms with Gasteiger partial charge in [0.1, 0.15) is 5.82 Å². The van der Waals surface area contributed by atoms with Crippen molar-refractivity contribution in [1.82, 2.24) is 20.1 Å². The molecule has 6 N–H and O–H groups in total. The molecule has 0 unspecified atom stereocenters. The fourth-order valence-electron chi connectivity index (χ4n) is 4.19. The molecule has 11 heteroatoms. The molecule has 0 aliphatic heterocycles. The van der Waals surface area contributed by atoms with Crippen LogP contribution in [0.1, 0.15) is 43.5 Å². The highest BCUT2D eigenvalue weighted by atomic mass is 19.1. The number of nitrogens with zero attached hydrogens (tertiary/aromatic N) is 3. The number of halogens is 1. The molecular weight excluding hydrogens is 441 g/mol. The zero-order chi connectivity index (χ0) is 24.4. The molecule has 1 fully saturated rings. The fourth-order valence-corrected chi connectivity index (χ4v) is 4.19. The molecule has 1 aromatic carbocycles. The summed E-state index contributed by atoms with van der Waals surface area (Å²) in [4.78, 5) is 27.6. The first kappa shape index (κ1) is 23.3. The average molecular weight is 470 g/mol. The van der Waals surface area contributed by atoms with E-state index < -0.39 is 23.9 Å². The summed E-state index contributed by atoms with van der Waals surface area (Å²) >= 11 is 0. The van der Waals surface area contributed by atoms with E-state index in [2.05, 4.69) is 26.0 Å². The highest BCUT2D eigenvalue weighted by Crippen LogP contribution is 2.37. The number of carboxylic acid groups (broad SMARTS) is 1. The van der Waals surface area contributed by atoms with E-state index in [4.69, 9.17) is 5.73 Å². The maximum absolute atomic E-state index is 14.9. The lowest BCUT2D eigenvalue weighted by Crippen LogP contribution is -2.47. The number of aromatic nitrogens is 3. The number of nitrogens with one attached hydrogen (secondary N) is 3. The molecule has 180 valence electrons. The molecule has 0 saturated heterocycles. The van der Waals surface area contributed by atoms with Crippen LogP contribution in [0, 0.1) is 11.7 Å². The van der Waals surface area contributed by atoms with Crippen molar-refractivity contribution in [2.75, 3.05) is 10.6 Å². The number of nitrogens with two attached hydrogens (primary N) is 1. The van der Waals surface area contributed by atoms with Gasteiger partial charge in [0.25, 0.3) is 5.91 Å². The number of aryl methyl sites for hydroxylation is 1. The monoisotopic (exact) mass is 469 g/mol. The fraction of sp³-hybridized carbons (Fsp3) is 0.391. The number of fused-ring (bicyclic) bond motifs is 1. The van der Waals surface area contributed by atoms with Gasteiger partial charge in [0, 0.05) is 17.6 Å². The van der Waals surface area contributed by atoms with Gasteiger partial charge in [-0.25, -0.2) is 14.2 Å². The van der Waals surface area contributed by atoms with Crippen LogP contribution in [0.4, 0.5) is 26.5 Å². The molecule has 1 aliphatic carbocycles. The highest BCUT2D eigenvalue weighted by Gasteiger charge is 2.37. The lowest BCUT2D eigenvalue weighted by molar-refractivity contribution is 0.100. The van der Waals surface area contributed by atoms with E-state index in [1.807, 2.05) is 36.7 Å². The van der Waals surface area contributed by atoms with Crippen LogP contribution in [0.3, 0.4) is 0 Å². The molecular formula is C23H28FN7O3. The van der Waals surface area contributed by atoms with Crippen molar-refractivity contribution in [2.45, 2.75) is 51.7 Å². The second kappa shape index (κ2) is 9.54. The number of primary amides is 1. The minimum absolute atomic E-state index is 0.0741. The van der Waals surface area contributed by atoms with E-state index in [1.54, 1.807) is 6.20 Å². The summed E-state index contributed by atoms with van der Waals surface area (Å²) in [5, 5.41) is 23.1. The van der Waals surface area contributed by atoms with Crippen LogP contribution in [-0.4, -0.2) is 44.0 Å². The molecule has 4 rings (SSSR count). The quantitative estimate of drug-likeness (QED) is 0.304. The predicted octanol–water partition coefficient (Wildman–Crippen LogP) is 3.67. The number of amides is 2. The van der Waals surface area contributed by atoms with Gasteiger partial charge in [-0.15, -0.1) is 0 Å². The van der Waals surface area contributed by atoms with Crippen molar-refractivity contribution in [2.24, 2.45) is 11.7 Å². The van der Waals surface area contributed by atoms with Gasteiger partial charge in [-0.2, -0.15) is 5.10 Å². The van der Waals surface area contributed by atoms with Crippen LogP contribution in [0.5, 0.6) is 0 Å². The standard InChI is InChI=1S/C23H28FN7O3/c1-3-17(28-23(33)34)19(12-5-6-12)29-22-16(24)10-15(20(25)32)21(30-22)27-14-7-8-18-13(9-14)11-26-31(18)4-2/h7-12,17,19,28H,3-6H2,1-2H3,(H2,25,32)(H,33,34)(H2,27,29,30)/t17-,19+/m0/s1. The second-order valence-corrected chi connectivity index (χ2v) is 8.41. The molecule has 2 heterocycles. The van der Waals surface area contributed by atoms with E-state index in [9.17, 15) is 19.1 Å². The first-order valence-corrected chi connectivity index (χ1v) is 11.3. The van der Waals surface area contributed by atoms with Crippen LogP contribution >= 0.6 is 0 Å². The van der Waals surface area contributed by atoms with Gasteiger partial charge in [0.05, 0.1) is 29.4 Å². The number of carbonyl (C=O) groups excluding carboxylic acids is 1. The van der Waals surface area contributed by atoms with Gasteiger partial charge in [-0.3, -0.25) is 9.48 Å². The summed E-state index contributed by atoms with van der Waals surface area (Å²) < 4.78 is 16.8. The largest absolute Gasteiger partial charge is 0.465 e. The van der Waals surface area contributed by atoms with Crippen molar-refractivity contribution < 1.29 is 19.1 Å². The third-order valence-corrected chi connectivity index (χ3v) is 6.06. The number of rotatable bonds is 10. The summed E-state index contributed by atoms with van der Waals surface area (Å²) in [6.07, 6.45) is 2.95. The smallest absolute Gasteiger partial charge is 0.404 e. The first-order chi connectivity index (χ1) is 16.3. The summed E-state index contributed by atoms with van der Waals surface area (Å²) in [6, 6.07) is 5.85. The van der Waals surface area contributed by atoms with Crippen LogP contribution in [-0.2, 0) is 6.54 Å². The van der Waals surface area contributed by atoms with Gasteiger partial charge in [-0.1, -0.05) is 6.92 Å². The molecule has 2 atom stereocenters. The molecule has 2 amide bonds. The third-order valence-electron chi connectivity index (χ3n) is 6.06. The van der Waals surface area contributed by atoms with E-state index in [1.165, 1.54) is 0 Å². The second-order valence-electron chi connectivity index (χ2n) is 8.41. The Morgan fingerprint density at radius 1 is 1.26 bits per heavy atom. The van der Waals surface area contributed by atoms with E-state index >= 15 is 0 Å². The topological polar surface area (TPSA) is 147 Å². The van der Waals surface area contributed by atoms with Crippen LogP contribution in [0.25, 0.3) is 10.9 Å². The summed E-state index contributed by atoms with van der Waals surface area (Å²) in [6.45, 7) is 4.59. The minimum Gasteiger partial charge on any atom is -0.465 e.